The van der Waals surface area contributed by atoms with Crippen molar-refractivity contribution in [3.63, 3.8) is 0 Å². The van der Waals surface area contributed by atoms with Crippen molar-refractivity contribution in [2.45, 2.75) is 32.4 Å². The van der Waals surface area contributed by atoms with Gasteiger partial charge in [0.2, 0.25) is 5.91 Å². The van der Waals surface area contributed by atoms with E-state index in [9.17, 15) is 9.59 Å². The Morgan fingerprint density at radius 2 is 1.82 bits per heavy atom. The van der Waals surface area contributed by atoms with Gasteiger partial charge in [-0.3, -0.25) is 9.59 Å². The first-order valence-corrected chi connectivity index (χ1v) is 9.86. The molecule has 0 N–H and O–H groups in total. The molecule has 0 fully saturated rings. The normalized spacial score (nSPS) is 18.4. The molecule has 4 rings (SSSR count). The first kappa shape index (κ1) is 18.3. The second-order valence-electron chi connectivity index (χ2n) is 6.85. The topological polar surface area (TPSA) is 66.4 Å². The third-order valence-electron chi connectivity index (χ3n) is 5.04. The highest BCUT2D eigenvalue weighted by Gasteiger charge is 2.38. The number of nitrogens with zero attached hydrogens (tertiary/aromatic N) is 4. The zero-order chi connectivity index (χ0) is 19.7. The second kappa shape index (κ2) is 7.52. The van der Waals surface area contributed by atoms with Crippen LogP contribution in [0.5, 0.6) is 0 Å². The van der Waals surface area contributed by atoms with Gasteiger partial charge in [-0.25, -0.2) is 0 Å². The van der Waals surface area contributed by atoms with Crippen molar-refractivity contribution in [1.29, 1.82) is 0 Å². The number of aromatic nitrogens is 2. The van der Waals surface area contributed by atoms with Gasteiger partial charge in [-0.05, 0) is 37.1 Å². The maximum atomic E-state index is 13.1. The summed E-state index contributed by atoms with van der Waals surface area (Å²) in [6.07, 6.45) is 2.13. The van der Waals surface area contributed by atoms with E-state index in [1.807, 2.05) is 66.4 Å². The lowest BCUT2D eigenvalue weighted by Gasteiger charge is -2.43. The van der Waals surface area contributed by atoms with E-state index in [1.165, 1.54) is 6.20 Å². The molecule has 0 aliphatic carbocycles. The van der Waals surface area contributed by atoms with Crippen LogP contribution < -0.4 is 9.80 Å². The average Bonchev–Trinajstić information content (AvgIpc) is 3.23. The molecule has 0 saturated heterocycles. The number of hydrogen-bond acceptors (Lipinski definition) is 5. The van der Waals surface area contributed by atoms with Crippen LogP contribution in [0, 0.1) is 0 Å². The third kappa shape index (κ3) is 3.18. The number of carbonyl (C=O) groups is 2. The van der Waals surface area contributed by atoms with Crippen molar-refractivity contribution < 1.29 is 9.59 Å². The summed E-state index contributed by atoms with van der Waals surface area (Å²) in [5.41, 5.74) is 2.96. The van der Waals surface area contributed by atoms with E-state index in [2.05, 4.69) is 8.75 Å². The molecule has 7 heteroatoms. The predicted octanol–water partition coefficient (Wildman–Crippen LogP) is 4.07. The van der Waals surface area contributed by atoms with Gasteiger partial charge in [0.1, 0.15) is 0 Å². The SMILES string of the molecule is CC(=O)N(c1ccccc1)[C@H]1C[C@@H](C)N(C(=O)c2cnsn2)c2ccccc21. The van der Waals surface area contributed by atoms with E-state index < -0.39 is 0 Å². The smallest absolute Gasteiger partial charge is 0.279 e. The van der Waals surface area contributed by atoms with Crippen molar-refractivity contribution in [2.24, 2.45) is 0 Å². The van der Waals surface area contributed by atoms with Gasteiger partial charge in [0.15, 0.2) is 5.69 Å². The first-order valence-electron chi connectivity index (χ1n) is 9.13. The highest BCUT2D eigenvalue weighted by Crippen LogP contribution is 2.42. The van der Waals surface area contributed by atoms with Crippen molar-refractivity contribution in [1.82, 2.24) is 8.75 Å². The van der Waals surface area contributed by atoms with Crippen LogP contribution in [0.25, 0.3) is 0 Å². The van der Waals surface area contributed by atoms with Gasteiger partial charge in [-0.1, -0.05) is 36.4 Å². The van der Waals surface area contributed by atoms with Crippen LogP contribution in [0.2, 0.25) is 0 Å². The predicted molar refractivity (Wildman–Crippen MR) is 110 cm³/mol. The molecule has 2 amide bonds. The number of hydrogen-bond donors (Lipinski definition) is 0. The van der Waals surface area contributed by atoms with Gasteiger partial charge >= 0.3 is 0 Å². The summed E-state index contributed by atoms with van der Waals surface area (Å²) in [7, 11) is 0. The van der Waals surface area contributed by atoms with Crippen LogP contribution in [0.4, 0.5) is 11.4 Å². The highest BCUT2D eigenvalue weighted by molar-refractivity contribution is 6.99. The Bertz CT molecular complexity index is 991. The number of benzene rings is 2. The van der Waals surface area contributed by atoms with E-state index in [0.29, 0.717) is 12.1 Å². The second-order valence-corrected chi connectivity index (χ2v) is 7.41. The fourth-order valence-electron chi connectivity index (χ4n) is 3.89. The molecule has 6 nitrogen and oxygen atoms in total. The monoisotopic (exact) mass is 392 g/mol. The van der Waals surface area contributed by atoms with Gasteiger partial charge in [-0.15, -0.1) is 0 Å². The zero-order valence-corrected chi connectivity index (χ0v) is 16.5. The molecule has 142 valence electrons. The van der Waals surface area contributed by atoms with Crippen molar-refractivity contribution in [3.05, 3.63) is 72.1 Å². The lowest BCUT2D eigenvalue weighted by molar-refractivity contribution is -0.117. The molecule has 2 heterocycles. The van der Waals surface area contributed by atoms with Crippen LogP contribution in [-0.4, -0.2) is 26.6 Å². The van der Waals surface area contributed by atoms with Crippen LogP contribution in [0.1, 0.15) is 42.4 Å². The number of anilines is 2. The van der Waals surface area contributed by atoms with Crippen LogP contribution in [-0.2, 0) is 4.79 Å². The minimum atomic E-state index is -0.166. The Kier molecular flexibility index (Phi) is 4.92. The maximum Gasteiger partial charge on any atom is 0.279 e. The number of carbonyl (C=O) groups excluding carboxylic acids is 2. The molecule has 1 aliphatic rings. The van der Waals surface area contributed by atoms with E-state index in [4.69, 9.17) is 0 Å². The zero-order valence-electron chi connectivity index (χ0n) is 15.6. The molecule has 1 aromatic heterocycles. The third-order valence-corrected chi connectivity index (χ3v) is 5.52. The number of para-hydroxylation sites is 2. The summed E-state index contributed by atoms with van der Waals surface area (Å²) in [4.78, 5) is 29.2. The van der Waals surface area contributed by atoms with E-state index >= 15 is 0 Å². The number of rotatable bonds is 3. The maximum absolute atomic E-state index is 13.1. The summed E-state index contributed by atoms with van der Waals surface area (Å²) < 4.78 is 8.06. The summed E-state index contributed by atoms with van der Waals surface area (Å²) in [5.74, 6) is -0.192. The average molecular weight is 392 g/mol. The molecule has 2 atom stereocenters. The lowest BCUT2D eigenvalue weighted by atomic mass is 9.89. The highest BCUT2D eigenvalue weighted by atomic mass is 32.1. The fraction of sp³-hybridized carbons (Fsp3) is 0.238. The lowest BCUT2D eigenvalue weighted by Crippen LogP contribution is -2.47. The van der Waals surface area contributed by atoms with Crippen LogP contribution in [0.15, 0.2) is 60.8 Å². The van der Waals surface area contributed by atoms with Gasteiger partial charge in [0.25, 0.3) is 5.91 Å². The quantitative estimate of drug-likeness (QED) is 0.674. The molecule has 2 aromatic carbocycles. The molecule has 1 aliphatic heterocycles. The summed E-state index contributed by atoms with van der Waals surface area (Å²) in [5, 5.41) is 0. The molecular weight excluding hydrogens is 372 g/mol. The Morgan fingerprint density at radius 1 is 1.11 bits per heavy atom. The molecular formula is C21H20N4O2S. The van der Waals surface area contributed by atoms with Gasteiger partial charge in [0, 0.05) is 24.3 Å². The first-order chi connectivity index (χ1) is 13.6. The summed E-state index contributed by atoms with van der Waals surface area (Å²) in [6.45, 7) is 3.59. The summed E-state index contributed by atoms with van der Waals surface area (Å²) >= 11 is 1.02. The Hall–Kier alpha value is -3.06. The Balaban J connectivity index is 1.79. The number of fused-ring (bicyclic) bond motifs is 1. The number of amides is 2. The fourth-order valence-corrected chi connectivity index (χ4v) is 4.30. The minimum absolute atomic E-state index is 0.0262. The molecule has 3 aromatic rings. The van der Waals surface area contributed by atoms with Crippen molar-refractivity contribution >= 4 is 34.9 Å². The largest absolute Gasteiger partial charge is 0.305 e. The van der Waals surface area contributed by atoms with Crippen LogP contribution in [0.3, 0.4) is 0 Å². The van der Waals surface area contributed by atoms with E-state index in [0.717, 1.165) is 28.7 Å². The van der Waals surface area contributed by atoms with Crippen LogP contribution >= 0.6 is 11.7 Å². The molecule has 0 radical (unpaired) electrons. The standard InChI is InChI=1S/C21H20N4O2S/c1-14-12-20(25(15(2)26)16-8-4-3-5-9-16)17-10-6-7-11-19(17)24(14)21(27)18-13-22-28-23-18/h3-11,13-14,20H,12H2,1-2H3/t14-,20+/m1/s1. The summed E-state index contributed by atoms with van der Waals surface area (Å²) in [6, 6.07) is 17.2. The van der Waals surface area contributed by atoms with Crippen molar-refractivity contribution in [2.75, 3.05) is 9.80 Å². The Labute approximate surface area is 167 Å². The molecule has 0 bridgehead atoms. The van der Waals surface area contributed by atoms with Gasteiger partial charge in [0.05, 0.1) is 24.0 Å². The Morgan fingerprint density at radius 3 is 2.50 bits per heavy atom. The van der Waals surface area contributed by atoms with E-state index in [-0.39, 0.29) is 23.9 Å². The minimum Gasteiger partial charge on any atom is -0.305 e. The molecule has 28 heavy (non-hydrogen) atoms. The molecule has 0 saturated carbocycles. The molecule has 0 spiro atoms. The van der Waals surface area contributed by atoms with Gasteiger partial charge < -0.3 is 9.80 Å². The van der Waals surface area contributed by atoms with Gasteiger partial charge in [-0.2, -0.15) is 8.75 Å². The van der Waals surface area contributed by atoms with Crippen molar-refractivity contribution in [3.8, 4) is 0 Å². The molecule has 0 unspecified atom stereocenters. The van der Waals surface area contributed by atoms with E-state index in [1.54, 1.807) is 11.8 Å².